The maximum atomic E-state index is 12.1. The van der Waals surface area contributed by atoms with Crippen molar-refractivity contribution in [2.45, 2.75) is 6.54 Å². The van der Waals surface area contributed by atoms with Crippen molar-refractivity contribution in [3.05, 3.63) is 90.9 Å². The average molecular weight is 370 g/mol. The Morgan fingerprint density at radius 3 is 2.50 bits per heavy atom. The summed E-state index contributed by atoms with van der Waals surface area (Å²) in [4.78, 5) is 20.4. The zero-order chi connectivity index (χ0) is 19.2. The van der Waals surface area contributed by atoms with E-state index in [0.717, 1.165) is 28.0 Å². The van der Waals surface area contributed by atoms with Crippen molar-refractivity contribution < 1.29 is 9.53 Å². The van der Waals surface area contributed by atoms with Crippen molar-refractivity contribution in [1.29, 1.82) is 0 Å². The topological polar surface area (TPSA) is 76.1 Å². The summed E-state index contributed by atoms with van der Waals surface area (Å²) < 4.78 is 5.73. The van der Waals surface area contributed by atoms with Crippen molar-refractivity contribution in [3.8, 4) is 11.5 Å². The predicted molar refractivity (Wildman–Crippen MR) is 108 cm³/mol. The number of nitrogens with zero attached hydrogens (tertiary/aromatic N) is 2. The van der Waals surface area contributed by atoms with Gasteiger partial charge in [-0.15, -0.1) is 0 Å². The quantitative estimate of drug-likeness (QED) is 0.532. The number of hydrogen-bond donors (Lipinski definition) is 2. The lowest BCUT2D eigenvalue weighted by atomic mass is 10.2. The lowest BCUT2D eigenvalue weighted by Gasteiger charge is -2.09. The van der Waals surface area contributed by atoms with Gasteiger partial charge in [0.2, 0.25) is 0 Å². The van der Waals surface area contributed by atoms with Gasteiger partial charge < -0.3 is 15.4 Å². The first kappa shape index (κ1) is 17.5. The highest BCUT2D eigenvalue weighted by Gasteiger charge is 2.04. The zero-order valence-corrected chi connectivity index (χ0v) is 15.0. The lowest BCUT2D eigenvalue weighted by molar-refractivity contribution is 0.251. The van der Waals surface area contributed by atoms with Crippen LogP contribution in [0, 0.1) is 0 Å². The van der Waals surface area contributed by atoms with Crippen molar-refractivity contribution >= 4 is 22.6 Å². The molecule has 0 saturated carbocycles. The van der Waals surface area contributed by atoms with Gasteiger partial charge in [-0.3, -0.25) is 9.97 Å². The number of benzene rings is 2. The minimum Gasteiger partial charge on any atom is -0.457 e. The number of aromatic nitrogens is 2. The van der Waals surface area contributed by atoms with Crippen LogP contribution in [0.5, 0.6) is 11.5 Å². The Morgan fingerprint density at radius 2 is 1.68 bits per heavy atom. The molecule has 28 heavy (non-hydrogen) atoms. The number of hydrogen-bond acceptors (Lipinski definition) is 4. The molecule has 0 aliphatic heterocycles. The summed E-state index contributed by atoms with van der Waals surface area (Å²) in [6, 6.07) is 20.5. The zero-order valence-electron chi connectivity index (χ0n) is 15.0. The molecule has 138 valence electrons. The van der Waals surface area contributed by atoms with Crippen LogP contribution in [0.4, 0.5) is 10.5 Å². The highest BCUT2D eigenvalue weighted by molar-refractivity contribution is 5.91. The van der Waals surface area contributed by atoms with E-state index in [-0.39, 0.29) is 6.03 Å². The molecule has 2 N–H and O–H groups in total. The summed E-state index contributed by atoms with van der Waals surface area (Å²) >= 11 is 0. The summed E-state index contributed by atoms with van der Waals surface area (Å²) in [5, 5.41) is 6.62. The highest BCUT2D eigenvalue weighted by atomic mass is 16.5. The maximum absolute atomic E-state index is 12.1. The van der Waals surface area contributed by atoms with Crippen molar-refractivity contribution in [2.24, 2.45) is 0 Å². The molecule has 0 fully saturated rings. The number of carbonyl (C=O) groups excluding carboxylic acids is 1. The molecule has 6 heteroatoms. The fourth-order valence-corrected chi connectivity index (χ4v) is 2.71. The van der Waals surface area contributed by atoms with Gasteiger partial charge >= 0.3 is 6.03 Å². The second-order valence-corrected chi connectivity index (χ2v) is 6.15. The minimum absolute atomic E-state index is 0.283. The molecule has 0 atom stereocenters. The molecule has 2 aromatic heterocycles. The molecule has 0 saturated heterocycles. The number of ether oxygens (including phenoxy) is 1. The first-order valence-electron chi connectivity index (χ1n) is 8.83. The molecule has 2 heterocycles. The van der Waals surface area contributed by atoms with Gasteiger partial charge in [-0.05, 0) is 42.0 Å². The number of nitrogens with one attached hydrogen (secondary N) is 2. The number of carbonyl (C=O) groups is 1. The molecule has 0 aliphatic carbocycles. The van der Waals surface area contributed by atoms with Crippen LogP contribution in [0.15, 0.2) is 85.3 Å². The molecule has 0 spiro atoms. The van der Waals surface area contributed by atoms with Gasteiger partial charge in [-0.25, -0.2) is 4.79 Å². The highest BCUT2D eigenvalue weighted by Crippen LogP contribution is 2.20. The summed E-state index contributed by atoms with van der Waals surface area (Å²) in [5.41, 5.74) is 2.51. The number of anilines is 1. The molecule has 0 aliphatic rings. The second kappa shape index (κ2) is 8.18. The number of para-hydroxylation sites is 1. The standard InChI is InChI=1S/C22H18N4O2/c27-22(26-18-13-17-3-1-2-4-21(17)24-15-18)25-14-16-5-7-19(8-6-16)28-20-9-11-23-12-10-20/h1-13,15H,14H2,(H2,25,26,27). The smallest absolute Gasteiger partial charge is 0.319 e. The summed E-state index contributed by atoms with van der Waals surface area (Å²) in [7, 11) is 0. The fourth-order valence-electron chi connectivity index (χ4n) is 2.71. The average Bonchev–Trinajstić information content (AvgIpc) is 2.74. The van der Waals surface area contributed by atoms with E-state index < -0.39 is 0 Å². The number of amides is 2. The van der Waals surface area contributed by atoms with Crippen LogP contribution < -0.4 is 15.4 Å². The van der Waals surface area contributed by atoms with Gasteiger partial charge in [0.05, 0.1) is 17.4 Å². The van der Waals surface area contributed by atoms with Crippen LogP contribution in [0.2, 0.25) is 0 Å². The molecule has 2 amide bonds. The van der Waals surface area contributed by atoms with E-state index in [1.165, 1.54) is 0 Å². The third-order valence-electron chi connectivity index (χ3n) is 4.11. The molecular weight excluding hydrogens is 352 g/mol. The second-order valence-electron chi connectivity index (χ2n) is 6.15. The van der Waals surface area contributed by atoms with Gasteiger partial charge in [0, 0.05) is 24.3 Å². The molecule has 6 nitrogen and oxygen atoms in total. The van der Waals surface area contributed by atoms with Crippen LogP contribution in [0.1, 0.15) is 5.56 Å². The van der Waals surface area contributed by atoms with Gasteiger partial charge in [-0.2, -0.15) is 0 Å². The number of fused-ring (bicyclic) bond motifs is 1. The fraction of sp³-hybridized carbons (Fsp3) is 0.0455. The summed E-state index contributed by atoms with van der Waals surface area (Å²) in [6.45, 7) is 0.405. The summed E-state index contributed by atoms with van der Waals surface area (Å²) in [6.07, 6.45) is 5.00. The largest absolute Gasteiger partial charge is 0.457 e. The number of pyridine rings is 2. The van der Waals surface area contributed by atoms with E-state index in [1.54, 1.807) is 30.7 Å². The third-order valence-corrected chi connectivity index (χ3v) is 4.11. The van der Waals surface area contributed by atoms with Crippen molar-refractivity contribution in [2.75, 3.05) is 5.32 Å². The SMILES string of the molecule is O=C(NCc1ccc(Oc2ccncc2)cc1)Nc1cnc2ccccc2c1. The Bertz CT molecular complexity index is 1080. The van der Waals surface area contributed by atoms with E-state index in [2.05, 4.69) is 20.6 Å². The van der Waals surface area contributed by atoms with E-state index in [9.17, 15) is 4.79 Å². The first-order valence-corrected chi connectivity index (χ1v) is 8.83. The number of rotatable bonds is 5. The first-order chi connectivity index (χ1) is 13.8. The van der Waals surface area contributed by atoms with Crippen LogP contribution in [0.3, 0.4) is 0 Å². The van der Waals surface area contributed by atoms with Gasteiger partial charge in [0.1, 0.15) is 11.5 Å². The molecule has 0 radical (unpaired) electrons. The van der Waals surface area contributed by atoms with E-state index in [1.807, 2.05) is 54.6 Å². The Labute approximate surface area is 162 Å². The molecule has 4 aromatic rings. The van der Waals surface area contributed by atoms with Crippen LogP contribution in [-0.4, -0.2) is 16.0 Å². The molecule has 2 aromatic carbocycles. The lowest BCUT2D eigenvalue weighted by Crippen LogP contribution is -2.28. The van der Waals surface area contributed by atoms with E-state index >= 15 is 0 Å². The summed E-state index contributed by atoms with van der Waals surface area (Å²) in [5.74, 6) is 1.45. The van der Waals surface area contributed by atoms with Gasteiger partial charge in [-0.1, -0.05) is 30.3 Å². The Morgan fingerprint density at radius 1 is 0.929 bits per heavy atom. The van der Waals surface area contributed by atoms with Crippen LogP contribution in [-0.2, 0) is 6.54 Å². The molecule has 0 bridgehead atoms. The van der Waals surface area contributed by atoms with E-state index in [0.29, 0.717) is 12.2 Å². The molecule has 0 unspecified atom stereocenters. The Kier molecular flexibility index (Phi) is 5.11. The Hall–Kier alpha value is -3.93. The molecule has 4 rings (SSSR count). The minimum atomic E-state index is -0.283. The Balaban J connectivity index is 1.31. The monoisotopic (exact) mass is 370 g/mol. The number of urea groups is 1. The normalized spacial score (nSPS) is 10.4. The third kappa shape index (κ3) is 4.42. The van der Waals surface area contributed by atoms with Crippen LogP contribution in [0.25, 0.3) is 10.9 Å². The van der Waals surface area contributed by atoms with Gasteiger partial charge in [0.25, 0.3) is 0 Å². The van der Waals surface area contributed by atoms with Crippen molar-refractivity contribution in [3.63, 3.8) is 0 Å². The van der Waals surface area contributed by atoms with Crippen molar-refractivity contribution in [1.82, 2.24) is 15.3 Å². The predicted octanol–water partition coefficient (Wildman–Crippen LogP) is 4.74. The van der Waals surface area contributed by atoms with Crippen LogP contribution >= 0.6 is 0 Å². The van der Waals surface area contributed by atoms with E-state index in [4.69, 9.17) is 4.74 Å². The molecular formula is C22H18N4O2. The maximum Gasteiger partial charge on any atom is 0.319 e. The van der Waals surface area contributed by atoms with Gasteiger partial charge in [0.15, 0.2) is 0 Å².